The minimum absolute atomic E-state index is 0.185. The van der Waals surface area contributed by atoms with Crippen LogP contribution in [0.4, 0.5) is 5.69 Å². The van der Waals surface area contributed by atoms with E-state index in [1.54, 1.807) is 42.8 Å². The van der Waals surface area contributed by atoms with Gasteiger partial charge in [-0.25, -0.2) is 0 Å². The van der Waals surface area contributed by atoms with E-state index in [9.17, 15) is 9.59 Å². The summed E-state index contributed by atoms with van der Waals surface area (Å²) in [4.78, 5) is 23.1. The number of aromatic nitrogens is 3. The molecule has 0 aliphatic carbocycles. The maximum Gasteiger partial charge on any atom is 0.237 e. The molecule has 0 spiro atoms. The van der Waals surface area contributed by atoms with Crippen LogP contribution in [0.1, 0.15) is 19.2 Å². The standard InChI is InChI=1S/C15H18ClN5O2S/c1-9(14(23)18-11-6-4-3-5-10(11)16)24-15-20-19-13(21(15)2)8-7-12(17)22/h3-6,9H,7-8H2,1-2H3,(H2,17,22)(H,18,23)/t9-/m1/s1. The van der Waals surface area contributed by atoms with Gasteiger partial charge in [-0.2, -0.15) is 0 Å². The van der Waals surface area contributed by atoms with Gasteiger partial charge in [-0.05, 0) is 19.1 Å². The summed E-state index contributed by atoms with van der Waals surface area (Å²) in [5.41, 5.74) is 5.70. The maximum absolute atomic E-state index is 12.3. The molecule has 0 fully saturated rings. The molecule has 2 amide bonds. The number of carbonyl (C=O) groups excluding carboxylic acids is 2. The number of anilines is 1. The zero-order valence-electron chi connectivity index (χ0n) is 13.3. The number of nitrogens with zero attached hydrogens (tertiary/aromatic N) is 3. The lowest BCUT2D eigenvalue weighted by molar-refractivity contribution is -0.118. The minimum atomic E-state index is -0.395. The van der Waals surface area contributed by atoms with E-state index in [0.29, 0.717) is 28.1 Å². The molecule has 7 nitrogen and oxygen atoms in total. The van der Waals surface area contributed by atoms with Crippen molar-refractivity contribution in [1.82, 2.24) is 14.8 Å². The molecule has 1 atom stereocenters. The number of carbonyl (C=O) groups is 2. The van der Waals surface area contributed by atoms with Crippen LogP contribution in [0.3, 0.4) is 0 Å². The van der Waals surface area contributed by atoms with E-state index in [1.807, 2.05) is 0 Å². The Labute approximate surface area is 149 Å². The van der Waals surface area contributed by atoms with Crippen molar-refractivity contribution in [1.29, 1.82) is 0 Å². The third-order valence-electron chi connectivity index (χ3n) is 3.30. The van der Waals surface area contributed by atoms with Crippen molar-refractivity contribution in [2.24, 2.45) is 12.8 Å². The first-order valence-electron chi connectivity index (χ1n) is 7.27. The van der Waals surface area contributed by atoms with Gasteiger partial charge in [0.2, 0.25) is 11.8 Å². The number of nitrogens with one attached hydrogen (secondary N) is 1. The Morgan fingerprint density at radius 2 is 2.08 bits per heavy atom. The van der Waals surface area contributed by atoms with Crippen LogP contribution in [0, 0.1) is 0 Å². The molecule has 1 heterocycles. The third kappa shape index (κ3) is 4.72. The number of halogens is 1. The number of para-hydroxylation sites is 1. The second-order valence-corrected chi connectivity index (χ2v) is 6.87. The van der Waals surface area contributed by atoms with Gasteiger partial charge in [-0.15, -0.1) is 10.2 Å². The number of hydrogen-bond donors (Lipinski definition) is 2. The number of thioether (sulfide) groups is 1. The highest BCUT2D eigenvalue weighted by atomic mass is 35.5. The molecule has 0 saturated carbocycles. The minimum Gasteiger partial charge on any atom is -0.370 e. The van der Waals surface area contributed by atoms with Crippen molar-refractivity contribution in [3.8, 4) is 0 Å². The Bertz CT molecular complexity index is 749. The Morgan fingerprint density at radius 3 is 2.75 bits per heavy atom. The third-order valence-corrected chi connectivity index (χ3v) is 4.77. The summed E-state index contributed by atoms with van der Waals surface area (Å²) in [5.74, 6) is 0.0736. The fourth-order valence-electron chi connectivity index (χ4n) is 1.91. The van der Waals surface area contributed by atoms with Gasteiger partial charge in [-0.1, -0.05) is 35.5 Å². The monoisotopic (exact) mass is 367 g/mol. The molecule has 0 aliphatic rings. The Balaban J connectivity index is 1.99. The first-order chi connectivity index (χ1) is 11.4. The van der Waals surface area contributed by atoms with Crippen LogP contribution in [-0.4, -0.2) is 31.8 Å². The molecule has 0 radical (unpaired) electrons. The number of aryl methyl sites for hydroxylation is 1. The van der Waals surface area contributed by atoms with E-state index < -0.39 is 5.25 Å². The summed E-state index contributed by atoms with van der Waals surface area (Å²) in [6.07, 6.45) is 0.624. The van der Waals surface area contributed by atoms with Crippen LogP contribution in [0.15, 0.2) is 29.4 Å². The topological polar surface area (TPSA) is 103 Å². The number of amides is 2. The summed E-state index contributed by atoms with van der Waals surface area (Å²) in [7, 11) is 1.79. The summed E-state index contributed by atoms with van der Waals surface area (Å²) in [5, 5.41) is 11.6. The highest BCUT2D eigenvalue weighted by Crippen LogP contribution is 2.25. The summed E-state index contributed by atoms with van der Waals surface area (Å²) < 4.78 is 1.76. The number of rotatable bonds is 7. The number of benzene rings is 1. The molecular weight excluding hydrogens is 350 g/mol. The highest BCUT2D eigenvalue weighted by molar-refractivity contribution is 8.00. The predicted octanol–water partition coefficient (Wildman–Crippen LogP) is 2.01. The second kappa shape index (κ2) is 8.16. The molecule has 9 heteroatoms. The predicted molar refractivity (Wildman–Crippen MR) is 93.9 cm³/mol. The zero-order valence-corrected chi connectivity index (χ0v) is 14.9. The largest absolute Gasteiger partial charge is 0.370 e. The van der Waals surface area contributed by atoms with E-state index in [1.165, 1.54) is 11.8 Å². The molecule has 0 saturated heterocycles. The molecule has 0 aliphatic heterocycles. The van der Waals surface area contributed by atoms with Gasteiger partial charge < -0.3 is 15.6 Å². The van der Waals surface area contributed by atoms with Crippen LogP contribution >= 0.6 is 23.4 Å². The molecule has 3 N–H and O–H groups in total. The number of nitrogens with two attached hydrogens (primary N) is 1. The van der Waals surface area contributed by atoms with Crippen LogP contribution in [0.25, 0.3) is 0 Å². The number of hydrogen-bond acceptors (Lipinski definition) is 5. The molecule has 1 aromatic carbocycles. The first-order valence-corrected chi connectivity index (χ1v) is 8.53. The molecule has 24 heavy (non-hydrogen) atoms. The average Bonchev–Trinajstić information content (AvgIpc) is 2.88. The lowest BCUT2D eigenvalue weighted by atomic mass is 10.3. The smallest absolute Gasteiger partial charge is 0.237 e. The van der Waals surface area contributed by atoms with Gasteiger partial charge >= 0.3 is 0 Å². The Morgan fingerprint density at radius 1 is 1.38 bits per heavy atom. The quantitative estimate of drug-likeness (QED) is 0.728. The normalized spacial score (nSPS) is 12.0. The van der Waals surface area contributed by atoms with E-state index >= 15 is 0 Å². The number of primary amides is 1. The SMILES string of the molecule is C[C@@H](Sc1nnc(CCC(N)=O)n1C)C(=O)Nc1ccccc1Cl. The fraction of sp³-hybridized carbons (Fsp3) is 0.333. The Kier molecular flexibility index (Phi) is 6.22. The highest BCUT2D eigenvalue weighted by Gasteiger charge is 2.19. The lowest BCUT2D eigenvalue weighted by Gasteiger charge is -2.12. The summed E-state index contributed by atoms with van der Waals surface area (Å²) >= 11 is 7.31. The van der Waals surface area contributed by atoms with Gasteiger partial charge in [0.1, 0.15) is 5.82 Å². The molecule has 128 valence electrons. The maximum atomic E-state index is 12.3. The van der Waals surface area contributed by atoms with Crippen molar-refractivity contribution < 1.29 is 9.59 Å². The van der Waals surface area contributed by atoms with Crippen LogP contribution in [-0.2, 0) is 23.1 Å². The molecule has 0 bridgehead atoms. The van der Waals surface area contributed by atoms with E-state index in [-0.39, 0.29) is 18.2 Å². The molecule has 1 aromatic heterocycles. The van der Waals surface area contributed by atoms with Crippen molar-refractivity contribution in [2.45, 2.75) is 30.2 Å². The molecular formula is C15H18ClN5O2S. The van der Waals surface area contributed by atoms with Crippen LogP contribution in [0.5, 0.6) is 0 Å². The van der Waals surface area contributed by atoms with E-state index in [2.05, 4.69) is 15.5 Å². The fourth-order valence-corrected chi connectivity index (χ4v) is 2.93. The molecule has 2 rings (SSSR count). The second-order valence-electron chi connectivity index (χ2n) is 5.15. The summed E-state index contributed by atoms with van der Waals surface area (Å²) in [6, 6.07) is 7.04. The van der Waals surface area contributed by atoms with E-state index in [4.69, 9.17) is 17.3 Å². The van der Waals surface area contributed by atoms with Gasteiger partial charge in [0.05, 0.1) is 16.0 Å². The van der Waals surface area contributed by atoms with Gasteiger partial charge in [0.15, 0.2) is 5.16 Å². The molecule has 2 aromatic rings. The zero-order chi connectivity index (χ0) is 17.7. The van der Waals surface area contributed by atoms with Gasteiger partial charge in [0, 0.05) is 19.9 Å². The van der Waals surface area contributed by atoms with Gasteiger partial charge in [-0.3, -0.25) is 9.59 Å². The van der Waals surface area contributed by atoms with Crippen molar-refractivity contribution in [3.05, 3.63) is 35.1 Å². The van der Waals surface area contributed by atoms with E-state index in [0.717, 1.165) is 0 Å². The van der Waals surface area contributed by atoms with Crippen LogP contribution in [0.2, 0.25) is 5.02 Å². The Hall–Kier alpha value is -2.06. The van der Waals surface area contributed by atoms with Gasteiger partial charge in [0.25, 0.3) is 0 Å². The summed E-state index contributed by atoms with van der Waals surface area (Å²) in [6.45, 7) is 1.77. The molecule has 0 unspecified atom stereocenters. The van der Waals surface area contributed by atoms with Crippen molar-refractivity contribution >= 4 is 40.9 Å². The van der Waals surface area contributed by atoms with Crippen LogP contribution < -0.4 is 11.1 Å². The van der Waals surface area contributed by atoms with Crippen molar-refractivity contribution in [3.63, 3.8) is 0 Å². The lowest BCUT2D eigenvalue weighted by Crippen LogP contribution is -2.23. The van der Waals surface area contributed by atoms with Crippen molar-refractivity contribution in [2.75, 3.05) is 5.32 Å². The first kappa shape index (κ1) is 18.3. The average molecular weight is 368 g/mol.